The molecule has 1 N–H and O–H groups in total. The molecule has 2 heterocycles. The molecule has 0 atom stereocenters. The van der Waals surface area contributed by atoms with Crippen LogP contribution in [-0.4, -0.2) is 14.7 Å². The number of rotatable bonds is 7. The predicted molar refractivity (Wildman–Crippen MR) is 119 cm³/mol. The summed E-state index contributed by atoms with van der Waals surface area (Å²) >= 11 is 1.44. The molecule has 164 valence electrons. The Morgan fingerprint density at radius 1 is 1.30 bits per heavy atom. The number of allylic oxidation sites excluding steroid dienone is 2. The average molecular weight is 439 g/mol. The summed E-state index contributed by atoms with van der Waals surface area (Å²) in [5.41, 5.74) is 2.46. The van der Waals surface area contributed by atoms with Crippen LogP contribution in [0.1, 0.15) is 54.8 Å². The zero-order valence-corrected chi connectivity index (χ0v) is 18.7. The number of nitrogens with zero attached hydrogens (tertiary/aromatic N) is 2. The number of pyridine rings is 1. The van der Waals surface area contributed by atoms with Crippen molar-refractivity contribution in [3.63, 3.8) is 0 Å². The van der Waals surface area contributed by atoms with Gasteiger partial charge < -0.3 is 9.67 Å². The van der Waals surface area contributed by atoms with Crippen LogP contribution in [0.25, 0.3) is 0 Å². The molecule has 0 aliphatic heterocycles. The molecule has 0 saturated heterocycles. The van der Waals surface area contributed by atoms with Crippen molar-refractivity contribution in [1.29, 1.82) is 0 Å². The Morgan fingerprint density at radius 2 is 1.90 bits per heavy atom. The predicted octanol–water partition coefficient (Wildman–Crippen LogP) is 6.86. The molecule has 0 saturated carbocycles. The molecule has 2 aromatic heterocycles. The van der Waals surface area contributed by atoms with Gasteiger partial charge in [0.2, 0.25) is 0 Å². The second kappa shape index (κ2) is 11.2. The molecular formula is C23H29F3N2OS. The van der Waals surface area contributed by atoms with Crippen molar-refractivity contribution in [2.24, 2.45) is 0 Å². The Hall–Kier alpha value is -2.25. The van der Waals surface area contributed by atoms with Crippen molar-refractivity contribution in [2.45, 2.75) is 58.0 Å². The van der Waals surface area contributed by atoms with Gasteiger partial charge in [0.25, 0.3) is 0 Å². The first kappa shape index (κ1) is 25.8. The summed E-state index contributed by atoms with van der Waals surface area (Å²) in [7, 11) is 0. The number of halogens is 3. The van der Waals surface area contributed by atoms with Crippen LogP contribution in [0.5, 0.6) is 0 Å². The number of aliphatic hydroxyl groups excluding tert-OH is 1. The standard InChI is InChI=1S/C20H23F3N2OS.C3H6/c1-6-13(4)27-19-18(12(2)3)16(11-26)14(5)25(19)10-15-7-8-17(24-9-15)20(21,22)23;1-3-2/h6-9,12,26H,1,4,10-11H2,2-3,5H3;3H,1H2,2H3. The third kappa shape index (κ3) is 6.37. The molecule has 0 bridgehead atoms. The summed E-state index contributed by atoms with van der Waals surface area (Å²) in [4.78, 5) is 4.29. The van der Waals surface area contributed by atoms with Crippen molar-refractivity contribution in [3.05, 3.63) is 83.2 Å². The van der Waals surface area contributed by atoms with Crippen LogP contribution in [0.2, 0.25) is 0 Å². The zero-order chi connectivity index (χ0) is 23.1. The maximum absolute atomic E-state index is 12.7. The third-order valence-electron chi connectivity index (χ3n) is 4.29. The smallest absolute Gasteiger partial charge is 0.392 e. The van der Waals surface area contributed by atoms with E-state index in [-0.39, 0.29) is 12.5 Å². The lowest BCUT2D eigenvalue weighted by Crippen LogP contribution is -2.09. The van der Waals surface area contributed by atoms with Crippen molar-refractivity contribution in [3.8, 4) is 0 Å². The molecule has 7 heteroatoms. The summed E-state index contributed by atoms with van der Waals surface area (Å²) in [6.07, 6.45) is 0.186. The average Bonchev–Trinajstić information content (AvgIpc) is 2.93. The number of aliphatic hydroxyl groups is 1. The van der Waals surface area contributed by atoms with Gasteiger partial charge in [-0.05, 0) is 37.0 Å². The van der Waals surface area contributed by atoms with Crippen molar-refractivity contribution >= 4 is 11.8 Å². The summed E-state index contributed by atoms with van der Waals surface area (Å²) in [6.45, 7) is 19.2. The third-order valence-corrected chi connectivity index (χ3v) is 5.35. The summed E-state index contributed by atoms with van der Waals surface area (Å²) in [5, 5.41) is 10.8. The fourth-order valence-corrected chi connectivity index (χ4v) is 4.03. The van der Waals surface area contributed by atoms with Gasteiger partial charge in [-0.1, -0.05) is 57.0 Å². The Bertz CT molecular complexity index is 881. The Labute approximate surface area is 181 Å². The van der Waals surface area contributed by atoms with Gasteiger partial charge in [-0.3, -0.25) is 4.98 Å². The van der Waals surface area contributed by atoms with E-state index >= 15 is 0 Å². The Morgan fingerprint density at radius 3 is 2.30 bits per heavy atom. The molecule has 0 amide bonds. The minimum absolute atomic E-state index is 0.105. The second-order valence-corrected chi connectivity index (χ2v) is 8.03. The van der Waals surface area contributed by atoms with E-state index in [0.29, 0.717) is 12.1 Å². The summed E-state index contributed by atoms with van der Waals surface area (Å²) < 4.78 is 40.2. The molecule has 0 spiro atoms. The fourth-order valence-electron chi connectivity index (χ4n) is 2.91. The first-order chi connectivity index (χ1) is 14.0. The number of hydrogen-bond donors (Lipinski definition) is 1. The van der Waals surface area contributed by atoms with Gasteiger partial charge in [-0.15, -0.1) is 6.58 Å². The zero-order valence-electron chi connectivity index (χ0n) is 17.9. The Balaban J connectivity index is 0.00000141. The molecular weight excluding hydrogens is 409 g/mol. The molecule has 0 aromatic carbocycles. The van der Waals surface area contributed by atoms with Crippen LogP contribution in [0.15, 0.2) is 60.1 Å². The van der Waals surface area contributed by atoms with E-state index in [1.54, 1.807) is 12.2 Å². The summed E-state index contributed by atoms with van der Waals surface area (Å²) in [6, 6.07) is 2.42. The number of thioether (sulfide) groups is 1. The quantitative estimate of drug-likeness (QED) is 0.292. The van der Waals surface area contributed by atoms with Crippen LogP contribution in [0.4, 0.5) is 13.2 Å². The van der Waals surface area contributed by atoms with Gasteiger partial charge >= 0.3 is 6.18 Å². The largest absolute Gasteiger partial charge is 0.433 e. The highest BCUT2D eigenvalue weighted by atomic mass is 32.2. The lowest BCUT2D eigenvalue weighted by molar-refractivity contribution is -0.141. The maximum atomic E-state index is 12.7. The van der Waals surface area contributed by atoms with E-state index in [1.165, 1.54) is 24.0 Å². The maximum Gasteiger partial charge on any atom is 0.433 e. The van der Waals surface area contributed by atoms with E-state index in [0.717, 1.165) is 32.8 Å². The van der Waals surface area contributed by atoms with E-state index in [2.05, 4.69) is 24.7 Å². The highest BCUT2D eigenvalue weighted by Gasteiger charge is 2.32. The number of aromatic nitrogens is 2. The van der Waals surface area contributed by atoms with Crippen LogP contribution < -0.4 is 0 Å². The highest BCUT2D eigenvalue weighted by molar-refractivity contribution is 8.03. The van der Waals surface area contributed by atoms with Crippen molar-refractivity contribution in [1.82, 2.24) is 9.55 Å². The lowest BCUT2D eigenvalue weighted by Gasteiger charge is -2.14. The van der Waals surface area contributed by atoms with Gasteiger partial charge in [-0.25, -0.2) is 0 Å². The van der Waals surface area contributed by atoms with Gasteiger partial charge in [0.05, 0.1) is 11.6 Å². The van der Waals surface area contributed by atoms with Gasteiger partial charge in [0.15, 0.2) is 0 Å². The molecule has 0 aliphatic carbocycles. The number of alkyl halides is 3. The molecule has 0 unspecified atom stereocenters. The Kier molecular flexibility index (Phi) is 9.65. The monoisotopic (exact) mass is 438 g/mol. The molecule has 2 aromatic rings. The minimum Gasteiger partial charge on any atom is -0.392 e. The van der Waals surface area contributed by atoms with E-state index in [9.17, 15) is 18.3 Å². The fraction of sp³-hybridized carbons (Fsp3) is 0.348. The topological polar surface area (TPSA) is 38.0 Å². The van der Waals surface area contributed by atoms with Gasteiger partial charge in [0.1, 0.15) is 5.69 Å². The van der Waals surface area contributed by atoms with E-state index in [1.807, 2.05) is 32.3 Å². The molecule has 0 fully saturated rings. The molecule has 30 heavy (non-hydrogen) atoms. The first-order valence-corrected chi connectivity index (χ1v) is 10.2. The molecule has 2 rings (SSSR count). The molecule has 0 aliphatic rings. The van der Waals surface area contributed by atoms with Crippen LogP contribution >= 0.6 is 11.8 Å². The van der Waals surface area contributed by atoms with Crippen molar-refractivity contribution < 1.29 is 18.3 Å². The SMILES string of the molecule is C=CC.C=CC(=C)Sc1c(C(C)C)c(CO)c(C)n1Cc1ccc(C(F)(F)F)nc1. The lowest BCUT2D eigenvalue weighted by atomic mass is 10.0. The second-order valence-electron chi connectivity index (χ2n) is 6.91. The van der Waals surface area contributed by atoms with Crippen LogP contribution in [-0.2, 0) is 19.3 Å². The van der Waals surface area contributed by atoms with Gasteiger partial charge in [0, 0.05) is 28.9 Å². The summed E-state index contributed by atoms with van der Waals surface area (Å²) in [5.74, 6) is 0.165. The van der Waals surface area contributed by atoms with Gasteiger partial charge in [-0.2, -0.15) is 13.2 Å². The molecule has 3 nitrogen and oxygen atoms in total. The van der Waals surface area contributed by atoms with Crippen molar-refractivity contribution in [2.75, 3.05) is 0 Å². The van der Waals surface area contributed by atoms with E-state index < -0.39 is 11.9 Å². The van der Waals surface area contributed by atoms with E-state index in [4.69, 9.17) is 0 Å². The van der Waals surface area contributed by atoms with Crippen LogP contribution in [0, 0.1) is 6.92 Å². The minimum atomic E-state index is -4.46. The normalized spacial score (nSPS) is 11.1. The number of hydrogen-bond acceptors (Lipinski definition) is 3. The first-order valence-electron chi connectivity index (χ1n) is 9.42. The van der Waals surface area contributed by atoms with Crippen LogP contribution in [0.3, 0.4) is 0 Å². The highest BCUT2D eigenvalue weighted by Crippen LogP contribution is 2.39. The molecule has 0 radical (unpaired) electrons.